The lowest BCUT2D eigenvalue weighted by atomic mass is 10.1. The number of carbonyl (C=O) groups excluding carboxylic acids is 1. The SMILES string of the molecule is CC(=C\c1ccccc1)/C=C1/SC(=S)N([C@@H](C(=O)O)c2ccccc2)C1=O. The van der Waals surface area contributed by atoms with Crippen molar-refractivity contribution in [3.8, 4) is 0 Å². The van der Waals surface area contributed by atoms with Crippen LogP contribution in [-0.2, 0) is 9.59 Å². The number of allylic oxidation sites excluding steroid dienone is 2. The molecular weight excluding hydrogens is 378 g/mol. The molecule has 1 aliphatic heterocycles. The highest BCUT2D eigenvalue weighted by Crippen LogP contribution is 2.38. The van der Waals surface area contributed by atoms with E-state index in [0.29, 0.717) is 10.5 Å². The molecule has 3 rings (SSSR count). The van der Waals surface area contributed by atoms with Crippen LogP contribution in [0.5, 0.6) is 0 Å². The van der Waals surface area contributed by atoms with Crippen molar-refractivity contribution in [2.75, 3.05) is 0 Å². The van der Waals surface area contributed by atoms with E-state index in [1.165, 1.54) is 4.90 Å². The molecule has 6 heteroatoms. The molecular formula is C21H17NO3S2. The number of benzene rings is 2. The first-order valence-electron chi connectivity index (χ1n) is 8.25. The zero-order valence-corrected chi connectivity index (χ0v) is 16.2. The monoisotopic (exact) mass is 395 g/mol. The summed E-state index contributed by atoms with van der Waals surface area (Å²) in [6.45, 7) is 1.89. The third-order valence-electron chi connectivity index (χ3n) is 3.98. The van der Waals surface area contributed by atoms with Gasteiger partial charge in [0.25, 0.3) is 5.91 Å². The molecule has 0 bridgehead atoms. The van der Waals surface area contributed by atoms with Gasteiger partial charge in [-0.05, 0) is 29.7 Å². The standard InChI is InChI=1S/C21H17NO3S2/c1-14(12-15-8-4-2-5-9-15)13-17-19(23)22(21(26)27-17)18(20(24)25)16-10-6-3-7-11-16/h2-13,18H,1H3,(H,24,25)/b14-12+,17-13+/t18-/m1/s1. The molecule has 136 valence electrons. The molecule has 1 saturated heterocycles. The fourth-order valence-corrected chi connectivity index (χ4v) is 4.16. The van der Waals surface area contributed by atoms with Crippen LogP contribution in [0.15, 0.2) is 77.2 Å². The van der Waals surface area contributed by atoms with E-state index in [-0.39, 0.29) is 10.2 Å². The summed E-state index contributed by atoms with van der Waals surface area (Å²) in [6.07, 6.45) is 3.70. The Hall–Kier alpha value is -2.70. The number of aliphatic carboxylic acids is 1. The van der Waals surface area contributed by atoms with Gasteiger partial charge in [0.05, 0.1) is 4.91 Å². The van der Waals surface area contributed by atoms with Gasteiger partial charge in [-0.1, -0.05) is 90.7 Å². The first kappa shape index (κ1) is 19.1. The normalized spacial score (nSPS) is 17.4. The summed E-state index contributed by atoms with van der Waals surface area (Å²) in [5.41, 5.74) is 2.42. The molecule has 1 atom stereocenters. The Morgan fingerprint density at radius 3 is 2.30 bits per heavy atom. The minimum Gasteiger partial charge on any atom is -0.479 e. The van der Waals surface area contributed by atoms with Gasteiger partial charge in [-0.3, -0.25) is 9.69 Å². The summed E-state index contributed by atoms with van der Waals surface area (Å²) in [6, 6.07) is 17.3. The van der Waals surface area contributed by atoms with Gasteiger partial charge in [0, 0.05) is 0 Å². The van der Waals surface area contributed by atoms with E-state index >= 15 is 0 Å². The number of nitrogens with zero attached hydrogens (tertiary/aromatic N) is 1. The third kappa shape index (κ3) is 4.35. The molecule has 0 spiro atoms. The number of rotatable bonds is 5. The number of hydrogen-bond acceptors (Lipinski definition) is 4. The van der Waals surface area contributed by atoms with Gasteiger partial charge in [-0.2, -0.15) is 0 Å². The van der Waals surface area contributed by atoms with E-state index < -0.39 is 12.0 Å². The Kier molecular flexibility index (Phi) is 5.88. The average molecular weight is 396 g/mol. The van der Waals surface area contributed by atoms with E-state index in [1.54, 1.807) is 36.4 Å². The largest absolute Gasteiger partial charge is 0.479 e. The molecule has 1 N–H and O–H groups in total. The predicted molar refractivity (Wildman–Crippen MR) is 112 cm³/mol. The molecule has 0 radical (unpaired) electrons. The average Bonchev–Trinajstić information content (AvgIpc) is 2.91. The van der Waals surface area contributed by atoms with Crippen molar-refractivity contribution in [3.63, 3.8) is 0 Å². The number of carboxylic acid groups (broad SMARTS) is 1. The van der Waals surface area contributed by atoms with Crippen LogP contribution < -0.4 is 0 Å². The number of carboxylic acids is 1. The minimum atomic E-state index is -1.14. The van der Waals surface area contributed by atoms with Crippen molar-refractivity contribution in [2.24, 2.45) is 0 Å². The second-order valence-electron chi connectivity index (χ2n) is 6.00. The van der Waals surface area contributed by atoms with Crippen molar-refractivity contribution < 1.29 is 14.7 Å². The van der Waals surface area contributed by atoms with Crippen molar-refractivity contribution in [1.82, 2.24) is 4.90 Å². The molecule has 2 aromatic rings. The van der Waals surface area contributed by atoms with Crippen LogP contribution in [0.1, 0.15) is 24.1 Å². The fourth-order valence-electron chi connectivity index (χ4n) is 2.80. The second kappa shape index (κ2) is 8.33. The molecule has 1 aliphatic rings. The van der Waals surface area contributed by atoms with Gasteiger partial charge < -0.3 is 5.11 Å². The van der Waals surface area contributed by atoms with Gasteiger partial charge >= 0.3 is 5.97 Å². The fraction of sp³-hybridized carbons (Fsp3) is 0.0952. The Labute approximate surface area is 167 Å². The summed E-state index contributed by atoms with van der Waals surface area (Å²) < 4.78 is 0.245. The van der Waals surface area contributed by atoms with Crippen molar-refractivity contribution in [1.29, 1.82) is 0 Å². The summed E-state index contributed by atoms with van der Waals surface area (Å²) in [5.74, 6) is -1.50. The van der Waals surface area contributed by atoms with Gasteiger partial charge in [0.15, 0.2) is 6.04 Å². The molecule has 2 aromatic carbocycles. The highest BCUT2D eigenvalue weighted by atomic mass is 32.2. The molecule has 1 heterocycles. The summed E-state index contributed by atoms with van der Waals surface area (Å²) >= 11 is 6.44. The molecule has 27 heavy (non-hydrogen) atoms. The Bertz CT molecular complexity index is 936. The van der Waals surface area contributed by atoms with Gasteiger partial charge in [-0.15, -0.1) is 0 Å². The minimum absolute atomic E-state index is 0.245. The molecule has 0 saturated carbocycles. The van der Waals surface area contributed by atoms with Gasteiger partial charge in [-0.25, -0.2) is 4.79 Å². The summed E-state index contributed by atoms with van der Waals surface area (Å²) in [4.78, 5) is 26.3. The lowest BCUT2D eigenvalue weighted by Gasteiger charge is -2.23. The maximum Gasteiger partial charge on any atom is 0.331 e. The highest BCUT2D eigenvalue weighted by molar-refractivity contribution is 8.26. The molecule has 0 aliphatic carbocycles. The predicted octanol–water partition coefficient (Wildman–Crippen LogP) is 4.66. The number of hydrogen-bond donors (Lipinski definition) is 1. The van der Waals surface area contributed by atoms with Crippen LogP contribution in [0.4, 0.5) is 0 Å². The van der Waals surface area contributed by atoms with Crippen LogP contribution in [0.25, 0.3) is 6.08 Å². The maximum absolute atomic E-state index is 12.9. The number of carbonyl (C=O) groups is 2. The molecule has 1 fully saturated rings. The lowest BCUT2D eigenvalue weighted by Crippen LogP contribution is -2.37. The smallest absolute Gasteiger partial charge is 0.331 e. The van der Waals surface area contributed by atoms with E-state index in [9.17, 15) is 14.7 Å². The van der Waals surface area contributed by atoms with Gasteiger partial charge in [0.1, 0.15) is 4.32 Å². The summed E-state index contributed by atoms with van der Waals surface area (Å²) in [5, 5.41) is 9.69. The zero-order valence-electron chi connectivity index (χ0n) is 14.5. The summed E-state index contributed by atoms with van der Waals surface area (Å²) in [7, 11) is 0. The Morgan fingerprint density at radius 2 is 1.70 bits per heavy atom. The third-order valence-corrected chi connectivity index (χ3v) is 5.31. The maximum atomic E-state index is 12.9. The van der Waals surface area contributed by atoms with E-state index in [2.05, 4.69) is 0 Å². The van der Waals surface area contributed by atoms with Crippen LogP contribution in [0.3, 0.4) is 0 Å². The van der Waals surface area contributed by atoms with E-state index in [0.717, 1.165) is 22.9 Å². The van der Waals surface area contributed by atoms with Crippen LogP contribution in [-0.4, -0.2) is 26.2 Å². The topological polar surface area (TPSA) is 57.6 Å². The van der Waals surface area contributed by atoms with E-state index in [1.807, 2.05) is 43.3 Å². The lowest BCUT2D eigenvalue weighted by molar-refractivity contribution is -0.145. The quantitative estimate of drug-likeness (QED) is 0.589. The number of amides is 1. The first-order valence-corrected chi connectivity index (χ1v) is 9.48. The molecule has 4 nitrogen and oxygen atoms in total. The van der Waals surface area contributed by atoms with Crippen LogP contribution in [0, 0.1) is 0 Å². The molecule has 1 amide bonds. The van der Waals surface area contributed by atoms with E-state index in [4.69, 9.17) is 12.2 Å². The number of thiocarbonyl (C=S) groups is 1. The Balaban J connectivity index is 1.90. The second-order valence-corrected chi connectivity index (χ2v) is 7.68. The Morgan fingerprint density at radius 1 is 1.11 bits per heavy atom. The van der Waals surface area contributed by atoms with Crippen LogP contribution in [0.2, 0.25) is 0 Å². The first-order chi connectivity index (χ1) is 13.0. The van der Waals surface area contributed by atoms with Crippen molar-refractivity contribution in [2.45, 2.75) is 13.0 Å². The van der Waals surface area contributed by atoms with Crippen molar-refractivity contribution >= 4 is 46.3 Å². The molecule has 0 aromatic heterocycles. The molecule has 0 unspecified atom stereocenters. The zero-order chi connectivity index (χ0) is 19.4. The van der Waals surface area contributed by atoms with Gasteiger partial charge in [0.2, 0.25) is 0 Å². The van der Waals surface area contributed by atoms with Crippen LogP contribution >= 0.6 is 24.0 Å². The number of thioether (sulfide) groups is 1. The van der Waals surface area contributed by atoms with Crippen molar-refractivity contribution in [3.05, 3.63) is 88.3 Å². The highest BCUT2D eigenvalue weighted by Gasteiger charge is 2.41.